The number of hydrogen-bond acceptors (Lipinski definition) is 3. The summed E-state index contributed by atoms with van der Waals surface area (Å²) in [6.07, 6.45) is 2.14. The molecule has 3 nitrogen and oxygen atoms in total. The molecule has 0 unspecified atom stereocenters. The van der Waals surface area contributed by atoms with Crippen LogP contribution >= 0.6 is 0 Å². The number of nitrogens with one attached hydrogen (secondary N) is 1. The second-order valence-corrected chi connectivity index (χ2v) is 4.62. The highest BCUT2D eigenvalue weighted by Crippen LogP contribution is 2.14. The summed E-state index contributed by atoms with van der Waals surface area (Å²) >= 11 is 0. The zero-order chi connectivity index (χ0) is 14.5. The van der Waals surface area contributed by atoms with Crippen molar-refractivity contribution in [3.8, 4) is 0 Å². The molecule has 0 fully saturated rings. The Balaban J connectivity index is 2.29. The second kappa shape index (κ2) is 6.41. The van der Waals surface area contributed by atoms with Crippen LogP contribution in [0.25, 0.3) is 0 Å². The Morgan fingerprint density at radius 1 is 1.05 bits per heavy atom. The van der Waals surface area contributed by atoms with Gasteiger partial charge in [-0.25, -0.2) is 18.7 Å². The van der Waals surface area contributed by atoms with Crippen molar-refractivity contribution in [2.24, 2.45) is 0 Å². The molecule has 0 aliphatic carbocycles. The van der Waals surface area contributed by atoms with Crippen LogP contribution in [0.5, 0.6) is 0 Å². The number of anilines is 1. The maximum absolute atomic E-state index is 13.2. The Kier molecular flexibility index (Phi) is 4.61. The lowest BCUT2D eigenvalue weighted by Gasteiger charge is -2.07. The standard InChI is InChI=1S/C15H17F2N3/c1-3-4-13-9-14(18-2)20-15(19-13)7-10-5-11(16)8-12(17)6-10/h5-6,8-9H,3-4,7H2,1-2H3,(H,18,19,20). The minimum Gasteiger partial charge on any atom is -0.373 e. The van der Waals surface area contributed by atoms with Crippen LogP contribution < -0.4 is 5.32 Å². The van der Waals surface area contributed by atoms with Crippen LogP contribution in [0.3, 0.4) is 0 Å². The minimum absolute atomic E-state index is 0.306. The molecule has 0 radical (unpaired) electrons. The molecule has 1 aromatic heterocycles. The summed E-state index contributed by atoms with van der Waals surface area (Å²) < 4.78 is 26.4. The van der Waals surface area contributed by atoms with Crippen LogP contribution in [0, 0.1) is 11.6 Å². The summed E-state index contributed by atoms with van der Waals surface area (Å²) in [5.74, 6) is 0.109. The molecule has 0 aliphatic heterocycles. The highest BCUT2D eigenvalue weighted by atomic mass is 19.1. The van der Waals surface area contributed by atoms with Crippen molar-refractivity contribution in [3.63, 3.8) is 0 Å². The van der Waals surface area contributed by atoms with Gasteiger partial charge < -0.3 is 5.32 Å². The number of aryl methyl sites for hydroxylation is 1. The molecule has 0 spiro atoms. The zero-order valence-corrected chi connectivity index (χ0v) is 11.6. The van der Waals surface area contributed by atoms with Gasteiger partial charge in [0.1, 0.15) is 23.3 Å². The fourth-order valence-corrected chi connectivity index (χ4v) is 2.04. The van der Waals surface area contributed by atoms with Crippen LogP contribution in [0.2, 0.25) is 0 Å². The first-order chi connectivity index (χ1) is 9.60. The zero-order valence-electron chi connectivity index (χ0n) is 11.6. The molecule has 1 aromatic carbocycles. The number of rotatable bonds is 5. The van der Waals surface area contributed by atoms with Crippen molar-refractivity contribution in [1.29, 1.82) is 0 Å². The number of hydrogen-bond donors (Lipinski definition) is 1. The third kappa shape index (κ3) is 3.73. The molecule has 2 aromatic rings. The molecule has 5 heteroatoms. The van der Waals surface area contributed by atoms with Gasteiger partial charge in [-0.3, -0.25) is 0 Å². The summed E-state index contributed by atoms with van der Waals surface area (Å²) in [4.78, 5) is 8.75. The Hall–Kier alpha value is -2.04. The molecule has 0 saturated carbocycles. The van der Waals surface area contributed by atoms with Crippen LogP contribution in [0.15, 0.2) is 24.3 Å². The predicted molar refractivity (Wildman–Crippen MR) is 74.7 cm³/mol. The molecule has 1 N–H and O–H groups in total. The lowest BCUT2D eigenvalue weighted by molar-refractivity contribution is 0.580. The Morgan fingerprint density at radius 3 is 2.35 bits per heavy atom. The fraction of sp³-hybridized carbons (Fsp3) is 0.333. The maximum Gasteiger partial charge on any atom is 0.135 e. The molecule has 1 heterocycles. The molecule has 0 aliphatic rings. The van der Waals surface area contributed by atoms with E-state index in [1.807, 2.05) is 6.07 Å². The van der Waals surface area contributed by atoms with Gasteiger partial charge in [-0.15, -0.1) is 0 Å². The summed E-state index contributed by atoms with van der Waals surface area (Å²) in [7, 11) is 1.78. The van der Waals surface area contributed by atoms with Gasteiger partial charge in [-0.2, -0.15) is 0 Å². The van der Waals surface area contributed by atoms with Crippen LogP contribution in [0.1, 0.15) is 30.4 Å². The molecule has 106 valence electrons. The Morgan fingerprint density at radius 2 is 1.75 bits per heavy atom. The van der Waals surface area contributed by atoms with Crippen LogP contribution in [-0.2, 0) is 12.8 Å². The van der Waals surface area contributed by atoms with Crippen LogP contribution in [0.4, 0.5) is 14.6 Å². The van der Waals surface area contributed by atoms with Gasteiger partial charge in [0.15, 0.2) is 0 Å². The number of nitrogens with zero attached hydrogens (tertiary/aromatic N) is 2. The topological polar surface area (TPSA) is 37.8 Å². The van der Waals surface area contributed by atoms with Gasteiger partial charge in [0.25, 0.3) is 0 Å². The van der Waals surface area contributed by atoms with E-state index in [1.165, 1.54) is 12.1 Å². The first-order valence-electron chi connectivity index (χ1n) is 6.60. The summed E-state index contributed by atoms with van der Waals surface area (Å²) in [6, 6.07) is 5.35. The van der Waals surface area contributed by atoms with Gasteiger partial charge >= 0.3 is 0 Å². The molecular formula is C15H17F2N3. The quantitative estimate of drug-likeness (QED) is 0.910. The lowest BCUT2D eigenvalue weighted by Crippen LogP contribution is -2.05. The smallest absolute Gasteiger partial charge is 0.135 e. The predicted octanol–water partition coefficient (Wildman–Crippen LogP) is 3.34. The maximum atomic E-state index is 13.2. The van der Waals surface area contributed by atoms with Crippen molar-refractivity contribution in [2.75, 3.05) is 12.4 Å². The summed E-state index contributed by atoms with van der Waals surface area (Å²) in [5, 5.41) is 2.98. The molecule has 20 heavy (non-hydrogen) atoms. The highest BCUT2D eigenvalue weighted by Gasteiger charge is 2.07. The number of halogens is 2. The third-order valence-electron chi connectivity index (χ3n) is 2.87. The molecule has 0 atom stereocenters. The normalized spacial score (nSPS) is 10.6. The van der Waals surface area contributed by atoms with E-state index >= 15 is 0 Å². The first-order valence-corrected chi connectivity index (χ1v) is 6.60. The van der Waals surface area contributed by atoms with Crippen molar-refractivity contribution < 1.29 is 8.78 Å². The fourth-order valence-electron chi connectivity index (χ4n) is 2.04. The van der Waals surface area contributed by atoms with E-state index < -0.39 is 11.6 Å². The minimum atomic E-state index is -0.585. The van der Waals surface area contributed by atoms with Crippen molar-refractivity contribution in [1.82, 2.24) is 9.97 Å². The van der Waals surface area contributed by atoms with E-state index in [-0.39, 0.29) is 0 Å². The van der Waals surface area contributed by atoms with E-state index in [4.69, 9.17) is 0 Å². The average molecular weight is 277 g/mol. The SMILES string of the molecule is CCCc1cc(NC)nc(Cc2cc(F)cc(F)c2)n1. The molecule has 2 rings (SSSR count). The molecule has 0 bridgehead atoms. The van der Waals surface area contributed by atoms with Gasteiger partial charge in [0, 0.05) is 31.3 Å². The van der Waals surface area contributed by atoms with Gasteiger partial charge in [0.2, 0.25) is 0 Å². The largest absolute Gasteiger partial charge is 0.373 e. The van der Waals surface area contributed by atoms with E-state index in [0.717, 1.165) is 30.4 Å². The van der Waals surface area contributed by atoms with Crippen molar-refractivity contribution in [2.45, 2.75) is 26.2 Å². The monoisotopic (exact) mass is 277 g/mol. The molecular weight excluding hydrogens is 260 g/mol. The lowest BCUT2D eigenvalue weighted by atomic mass is 10.1. The van der Waals surface area contributed by atoms with Gasteiger partial charge in [0.05, 0.1) is 0 Å². The van der Waals surface area contributed by atoms with Gasteiger partial charge in [-0.1, -0.05) is 13.3 Å². The van der Waals surface area contributed by atoms with Crippen molar-refractivity contribution in [3.05, 3.63) is 53.0 Å². The Labute approximate surface area is 117 Å². The molecule has 0 saturated heterocycles. The molecule has 0 amide bonds. The van der Waals surface area contributed by atoms with E-state index in [2.05, 4.69) is 22.2 Å². The van der Waals surface area contributed by atoms with E-state index in [0.29, 0.717) is 17.8 Å². The second-order valence-electron chi connectivity index (χ2n) is 4.62. The Bertz CT molecular complexity index is 579. The third-order valence-corrected chi connectivity index (χ3v) is 2.87. The van der Waals surface area contributed by atoms with Gasteiger partial charge in [-0.05, 0) is 24.1 Å². The van der Waals surface area contributed by atoms with Crippen molar-refractivity contribution >= 4 is 5.82 Å². The number of aromatic nitrogens is 2. The summed E-state index contributed by atoms with van der Waals surface area (Å²) in [5.41, 5.74) is 1.46. The van der Waals surface area contributed by atoms with E-state index in [1.54, 1.807) is 7.05 Å². The van der Waals surface area contributed by atoms with E-state index in [9.17, 15) is 8.78 Å². The average Bonchev–Trinajstić information content (AvgIpc) is 2.37. The highest BCUT2D eigenvalue weighted by molar-refractivity contribution is 5.36. The summed E-state index contributed by atoms with van der Waals surface area (Å²) in [6.45, 7) is 2.07. The van der Waals surface area contributed by atoms with Crippen LogP contribution in [-0.4, -0.2) is 17.0 Å². The first kappa shape index (κ1) is 14.4. The number of benzene rings is 1.